The van der Waals surface area contributed by atoms with E-state index in [4.69, 9.17) is 4.52 Å². The summed E-state index contributed by atoms with van der Waals surface area (Å²) in [5, 5.41) is 7.79. The second-order valence-electron chi connectivity index (χ2n) is 6.12. The van der Waals surface area contributed by atoms with Crippen molar-refractivity contribution in [2.75, 3.05) is 0 Å². The first-order valence-electron chi connectivity index (χ1n) is 6.89. The minimum atomic E-state index is -4.27. The van der Waals surface area contributed by atoms with Crippen molar-refractivity contribution >= 4 is 12.7 Å². The summed E-state index contributed by atoms with van der Waals surface area (Å²) in [6.45, 7) is 4.28. The maximum atomic E-state index is 14.2. The van der Waals surface area contributed by atoms with Crippen LogP contribution in [0.2, 0.25) is 0 Å². The normalized spacial score (nSPS) is 14.3. The molecule has 8 heteroatoms. The van der Waals surface area contributed by atoms with Gasteiger partial charge in [-0.05, 0) is 45.0 Å². The number of benzene rings is 2. The van der Waals surface area contributed by atoms with Gasteiger partial charge >= 0.3 is 0 Å². The third kappa shape index (κ3) is 3.13. The lowest BCUT2D eigenvalue weighted by Crippen LogP contribution is -2.29. The van der Waals surface area contributed by atoms with Crippen molar-refractivity contribution in [2.45, 2.75) is 25.9 Å². The molecule has 0 bridgehead atoms. The summed E-state index contributed by atoms with van der Waals surface area (Å²) in [6, 6.07) is 3.92. The molecule has 1 unspecified atom stereocenters. The zero-order valence-corrected chi connectivity index (χ0v) is 14.0. The number of hydrogen-bond acceptors (Lipinski definition) is 3. The molecule has 0 radical (unpaired) electrons. The van der Waals surface area contributed by atoms with E-state index in [2.05, 4.69) is 0 Å². The molecule has 0 aliphatic rings. The van der Waals surface area contributed by atoms with Crippen molar-refractivity contribution < 1.29 is 31.8 Å². The summed E-state index contributed by atoms with van der Waals surface area (Å²) in [5.74, 6) is -6.33. The van der Waals surface area contributed by atoms with Gasteiger partial charge < -0.3 is 9.63 Å². The summed E-state index contributed by atoms with van der Waals surface area (Å²) in [7, 11) is -4.27. The largest absolute Gasteiger partial charge is 0.507 e. The first-order valence-corrected chi connectivity index (χ1v) is 8.52. The SMILES string of the molecule is CC(C)(C)P(=O)(Oc1ccc(F)c(F)c1)c1c(O)ccc(F)c1F. The van der Waals surface area contributed by atoms with E-state index in [1.807, 2.05) is 0 Å². The highest BCUT2D eigenvalue weighted by Crippen LogP contribution is 2.59. The fourth-order valence-corrected chi connectivity index (χ4v) is 4.20. The molecule has 0 saturated carbocycles. The molecule has 1 atom stereocenters. The topological polar surface area (TPSA) is 46.5 Å². The lowest BCUT2D eigenvalue weighted by molar-refractivity contribution is 0.436. The minimum absolute atomic E-state index is 0.338. The molecule has 0 saturated heterocycles. The molecule has 0 aromatic heterocycles. The third-order valence-corrected chi connectivity index (χ3v) is 6.60. The Kier molecular flexibility index (Phi) is 4.68. The van der Waals surface area contributed by atoms with E-state index in [-0.39, 0.29) is 5.75 Å². The third-order valence-electron chi connectivity index (χ3n) is 3.35. The van der Waals surface area contributed by atoms with Crippen LogP contribution >= 0.6 is 7.37 Å². The predicted octanol–water partition coefficient (Wildman–Crippen LogP) is 4.73. The standard InChI is InChI=1S/C16H15F4O3P/c1-16(2,3)24(22,15-13(21)7-6-11(18)14(15)20)23-9-4-5-10(17)12(19)8-9/h4-8,21H,1-3H3. The summed E-state index contributed by atoms with van der Waals surface area (Å²) < 4.78 is 72.8. The number of phenols is 1. The Morgan fingerprint density at radius 2 is 1.54 bits per heavy atom. The molecule has 3 nitrogen and oxygen atoms in total. The van der Waals surface area contributed by atoms with Gasteiger partial charge in [-0.1, -0.05) is 0 Å². The van der Waals surface area contributed by atoms with Crippen LogP contribution in [0.3, 0.4) is 0 Å². The van der Waals surface area contributed by atoms with E-state index in [0.29, 0.717) is 12.1 Å². The van der Waals surface area contributed by atoms with Crippen molar-refractivity contribution in [3.8, 4) is 11.5 Å². The van der Waals surface area contributed by atoms with Gasteiger partial charge in [0.15, 0.2) is 23.3 Å². The smallest absolute Gasteiger partial charge is 0.289 e. The highest BCUT2D eigenvalue weighted by molar-refractivity contribution is 7.69. The molecular weight excluding hydrogens is 347 g/mol. The Morgan fingerprint density at radius 1 is 0.958 bits per heavy atom. The summed E-state index contributed by atoms with van der Waals surface area (Å²) in [6.07, 6.45) is 0. The lowest BCUT2D eigenvalue weighted by Gasteiger charge is -2.31. The van der Waals surface area contributed by atoms with E-state index < -0.39 is 46.8 Å². The average molecular weight is 362 g/mol. The zero-order valence-electron chi connectivity index (χ0n) is 13.1. The molecule has 2 aromatic rings. The number of phenolic OH excluding ortho intramolecular Hbond substituents is 1. The van der Waals surface area contributed by atoms with Crippen molar-refractivity contribution in [3.63, 3.8) is 0 Å². The van der Waals surface area contributed by atoms with Gasteiger partial charge in [0.1, 0.15) is 16.8 Å². The van der Waals surface area contributed by atoms with E-state index >= 15 is 0 Å². The lowest BCUT2D eigenvalue weighted by atomic mass is 10.3. The molecule has 2 aromatic carbocycles. The number of hydrogen-bond donors (Lipinski definition) is 1. The highest BCUT2D eigenvalue weighted by Gasteiger charge is 2.46. The van der Waals surface area contributed by atoms with Crippen LogP contribution in [0, 0.1) is 23.3 Å². The van der Waals surface area contributed by atoms with Gasteiger partial charge in [-0.2, -0.15) is 0 Å². The molecule has 1 N–H and O–H groups in total. The van der Waals surface area contributed by atoms with Gasteiger partial charge in [-0.15, -0.1) is 0 Å². The second-order valence-corrected chi connectivity index (χ2v) is 9.19. The molecule has 0 amide bonds. The maximum Gasteiger partial charge on any atom is 0.289 e. The molecule has 0 fully saturated rings. The average Bonchev–Trinajstić information content (AvgIpc) is 2.46. The number of halogens is 4. The Morgan fingerprint density at radius 3 is 2.08 bits per heavy atom. The van der Waals surface area contributed by atoms with E-state index in [9.17, 15) is 27.2 Å². The highest BCUT2D eigenvalue weighted by atomic mass is 31.2. The van der Waals surface area contributed by atoms with Crippen LogP contribution in [0.15, 0.2) is 30.3 Å². The van der Waals surface area contributed by atoms with Crippen molar-refractivity contribution in [1.29, 1.82) is 0 Å². The monoisotopic (exact) mass is 362 g/mol. The predicted molar refractivity (Wildman–Crippen MR) is 82.0 cm³/mol. The summed E-state index contributed by atoms with van der Waals surface area (Å²) in [5.41, 5.74) is 0. The molecule has 0 aliphatic heterocycles. The number of rotatable bonds is 3. The molecule has 0 heterocycles. The van der Waals surface area contributed by atoms with Crippen LogP contribution in [0.1, 0.15) is 20.8 Å². The van der Waals surface area contributed by atoms with Crippen LogP contribution in [0.4, 0.5) is 17.6 Å². The molecule has 24 heavy (non-hydrogen) atoms. The fraction of sp³-hybridized carbons (Fsp3) is 0.250. The van der Waals surface area contributed by atoms with Crippen LogP contribution in [-0.2, 0) is 4.57 Å². The first-order chi connectivity index (χ1) is 11.0. The van der Waals surface area contributed by atoms with Gasteiger partial charge in [0.25, 0.3) is 7.37 Å². The summed E-state index contributed by atoms with van der Waals surface area (Å²) in [4.78, 5) is 0. The van der Waals surface area contributed by atoms with Crippen molar-refractivity contribution in [3.05, 3.63) is 53.6 Å². The maximum absolute atomic E-state index is 14.2. The van der Waals surface area contributed by atoms with E-state index in [1.165, 1.54) is 20.8 Å². The van der Waals surface area contributed by atoms with E-state index in [1.54, 1.807) is 0 Å². The number of aromatic hydroxyl groups is 1. The Labute approximate surface area is 136 Å². The summed E-state index contributed by atoms with van der Waals surface area (Å²) >= 11 is 0. The second kappa shape index (κ2) is 6.13. The molecule has 0 aliphatic carbocycles. The minimum Gasteiger partial charge on any atom is -0.507 e. The van der Waals surface area contributed by atoms with Gasteiger partial charge in [0.05, 0.1) is 5.16 Å². The van der Waals surface area contributed by atoms with Crippen LogP contribution in [-0.4, -0.2) is 10.3 Å². The molecule has 0 spiro atoms. The quantitative estimate of drug-likeness (QED) is 0.634. The van der Waals surface area contributed by atoms with Crippen LogP contribution in [0.25, 0.3) is 0 Å². The Hall–Kier alpha value is -2.01. The zero-order chi connectivity index (χ0) is 18.3. The molecule has 2 rings (SSSR count). The fourth-order valence-electron chi connectivity index (χ4n) is 2.01. The van der Waals surface area contributed by atoms with Gasteiger partial charge in [0, 0.05) is 6.07 Å². The van der Waals surface area contributed by atoms with Crippen LogP contribution in [0.5, 0.6) is 11.5 Å². The van der Waals surface area contributed by atoms with Gasteiger partial charge in [-0.3, -0.25) is 4.57 Å². The first kappa shape index (κ1) is 18.3. The van der Waals surface area contributed by atoms with Crippen LogP contribution < -0.4 is 9.83 Å². The van der Waals surface area contributed by atoms with Crippen molar-refractivity contribution in [1.82, 2.24) is 0 Å². The molecule has 130 valence electrons. The Balaban J connectivity index is 2.67. The van der Waals surface area contributed by atoms with Gasteiger partial charge in [-0.25, -0.2) is 17.6 Å². The van der Waals surface area contributed by atoms with E-state index in [0.717, 1.165) is 18.2 Å². The van der Waals surface area contributed by atoms with Gasteiger partial charge in [0.2, 0.25) is 0 Å². The molecular formula is C16H15F4O3P. The van der Waals surface area contributed by atoms with Crippen molar-refractivity contribution in [2.24, 2.45) is 0 Å². The Bertz CT molecular complexity index is 831.